The van der Waals surface area contributed by atoms with E-state index < -0.39 is 23.8 Å². The summed E-state index contributed by atoms with van der Waals surface area (Å²) in [6.07, 6.45) is 1.70. The standard InChI is InChI=1S/C25H21FN2O4/c1-15(24(29)30)23(16-3-5-17(6-4-16)25(31)32-2)18-7-12-22-19(13-18)14-27-28(22)21-10-8-20(26)9-11-21/h3-15,23H,1-2H3,(H,29,30). The summed E-state index contributed by atoms with van der Waals surface area (Å²) in [6, 6.07) is 18.5. The predicted molar refractivity (Wildman–Crippen MR) is 117 cm³/mol. The van der Waals surface area contributed by atoms with Crippen molar-refractivity contribution in [1.29, 1.82) is 0 Å². The molecule has 6 nitrogen and oxygen atoms in total. The minimum absolute atomic E-state index is 0.323. The number of hydrogen-bond acceptors (Lipinski definition) is 4. The predicted octanol–water partition coefficient (Wildman–Crippen LogP) is 4.80. The number of rotatable bonds is 6. The molecule has 4 rings (SSSR count). The fraction of sp³-hybridized carbons (Fsp3) is 0.160. The van der Waals surface area contributed by atoms with Crippen molar-refractivity contribution in [2.75, 3.05) is 7.11 Å². The molecule has 0 aliphatic carbocycles. The van der Waals surface area contributed by atoms with Gasteiger partial charge in [0.2, 0.25) is 0 Å². The summed E-state index contributed by atoms with van der Waals surface area (Å²) in [7, 11) is 1.31. The summed E-state index contributed by atoms with van der Waals surface area (Å²) >= 11 is 0. The zero-order chi connectivity index (χ0) is 22.8. The molecule has 2 atom stereocenters. The van der Waals surface area contributed by atoms with Gasteiger partial charge in [0.05, 0.1) is 36.0 Å². The van der Waals surface area contributed by atoms with Crippen LogP contribution in [0.4, 0.5) is 4.39 Å². The second kappa shape index (κ2) is 8.63. The molecule has 1 aromatic heterocycles. The van der Waals surface area contributed by atoms with Crippen molar-refractivity contribution in [2.24, 2.45) is 5.92 Å². The van der Waals surface area contributed by atoms with Gasteiger partial charge in [-0.05, 0) is 59.7 Å². The van der Waals surface area contributed by atoms with Gasteiger partial charge in [-0.3, -0.25) is 4.79 Å². The number of carbonyl (C=O) groups excluding carboxylic acids is 1. The van der Waals surface area contributed by atoms with E-state index in [-0.39, 0.29) is 5.82 Å². The summed E-state index contributed by atoms with van der Waals surface area (Å²) in [5.74, 6) is -2.83. The number of halogens is 1. The van der Waals surface area contributed by atoms with Crippen LogP contribution >= 0.6 is 0 Å². The van der Waals surface area contributed by atoms with Gasteiger partial charge < -0.3 is 9.84 Å². The van der Waals surface area contributed by atoms with Crippen LogP contribution in [0.25, 0.3) is 16.6 Å². The van der Waals surface area contributed by atoms with Gasteiger partial charge in [0.15, 0.2) is 0 Å². The Morgan fingerprint density at radius 3 is 2.28 bits per heavy atom. The molecule has 0 spiro atoms. The minimum atomic E-state index is -0.922. The van der Waals surface area contributed by atoms with E-state index in [1.165, 1.54) is 19.2 Å². The van der Waals surface area contributed by atoms with Gasteiger partial charge in [0.1, 0.15) is 5.82 Å². The Morgan fingerprint density at radius 1 is 1.00 bits per heavy atom. The fourth-order valence-corrected chi connectivity index (χ4v) is 3.89. The number of esters is 1. The highest BCUT2D eigenvalue weighted by molar-refractivity contribution is 5.89. The highest BCUT2D eigenvalue weighted by atomic mass is 19.1. The number of methoxy groups -OCH3 is 1. The Bertz CT molecular complexity index is 1280. The third-order valence-electron chi connectivity index (χ3n) is 5.60. The number of nitrogens with zero attached hydrogens (tertiary/aromatic N) is 2. The van der Waals surface area contributed by atoms with Crippen LogP contribution in [-0.4, -0.2) is 33.9 Å². The van der Waals surface area contributed by atoms with Gasteiger partial charge in [-0.2, -0.15) is 5.10 Å². The molecule has 0 saturated carbocycles. The van der Waals surface area contributed by atoms with E-state index in [1.807, 2.05) is 18.2 Å². The molecule has 0 radical (unpaired) electrons. The number of ether oxygens (including phenoxy) is 1. The fourth-order valence-electron chi connectivity index (χ4n) is 3.89. The molecule has 0 amide bonds. The summed E-state index contributed by atoms with van der Waals surface area (Å²) in [6.45, 7) is 1.66. The lowest BCUT2D eigenvalue weighted by molar-refractivity contribution is -0.141. The number of carboxylic acids is 1. The molecule has 32 heavy (non-hydrogen) atoms. The lowest BCUT2D eigenvalue weighted by Gasteiger charge is -2.22. The molecule has 0 saturated heterocycles. The van der Waals surface area contributed by atoms with Gasteiger partial charge in [0.25, 0.3) is 0 Å². The molecule has 2 unspecified atom stereocenters. The third-order valence-corrected chi connectivity index (χ3v) is 5.60. The van der Waals surface area contributed by atoms with Crippen LogP contribution in [0.3, 0.4) is 0 Å². The van der Waals surface area contributed by atoms with Crippen LogP contribution in [0.1, 0.15) is 34.3 Å². The van der Waals surface area contributed by atoms with E-state index in [1.54, 1.807) is 54.2 Å². The van der Waals surface area contributed by atoms with Crippen LogP contribution in [0.15, 0.2) is 72.9 Å². The van der Waals surface area contributed by atoms with E-state index in [0.29, 0.717) is 5.56 Å². The molecule has 0 aliphatic heterocycles. The van der Waals surface area contributed by atoms with Crippen LogP contribution in [0.2, 0.25) is 0 Å². The zero-order valence-corrected chi connectivity index (χ0v) is 17.5. The molecule has 3 aromatic carbocycles. The Hall–Kier alpha value is -4.00. The number of carbonyl (C=O) groups is 2. The van der Waals surface area contributed by atoms with Crippen LogP contribution in [0, 0.1) is 11.7 Å². The molecular weight excluding hydrogens is 411 g/mol. The summed E-state index contributed by atoms with van der Waals surface area (Å²) in [5.41, 5.74) is 3.54. The third kappa shape index (κ3) is 3.97. The Balaban J connectivity index is 1.76. The van der Waals surface area contributed by atoms with Crippen molar-refractivity contribution < 1.29 is 23.8 Å². The van der Waals surface area contributed by atoms with Gasteiger partial charge in [-0.1, -0.05) is 25.1 Å². The van der Waals surface area contributed by atoms with Gasteiger partial charge >= 0.3 is 11.9 Å². The number of fused-ring (bicyclic) bond motifs is 1. The first-order chi connectivity index (χ1) is 15.4. The topological polar surface area (TPSA) is 81.4 Å². The molecule has 0 aliphatic rings. The smallest absolute Gasteiger partial charge is 0.337 e. The van der Waals surface area contributed by atoms with E-state index in [4.69, 9.17) is 4.74 Å². The monoisotopic (exact) mass is 432 g/mol. The highest BCUT2D eigenvalue weighted by Crippen LogP contribution is 2.34. The molecule has 1 heterocycles. The summed E-state index contributed by atoms with van der Waals surface area (Å²) in [4.78, 5) is 23.6. The molecule has 162 valence electrons. The average Bonchev–Trinajstić information content (AvgIpc) is 3.23. The van der Waals surface area contributed by atoms with E-state index >= 15 is 0 Å². The maximum absolute atomic E-state index is 13.3. The zero-order valence-electron chi connectivity index (χ0n) is 17.5. The number of hydrogen-bond donors (Lipinski definition) is 1. The van der Waals surface area contributed by atoms with E-state index in [0.717, 1.165) is 27.7 Å². The summed E-state index contributed by atoms with van der Waals surface area (Å²) in [5, 5.41) is 15.0. The lowest BCUT2D eigenvalue weighted by atomic mass is 9.81. The van der Waals surface area contributed by atoms with E-state index in [2.05, 4.69) is 5.10 Å². The Labute approximate surface area is 183 Å². The van der Waals surface area contributed by atoms with Gasteiger partial charge in [0, 0.05) is 11.3 Å². The second-order valence-electron chi connectivity index (χ2n) is 7.57. The number of aliphatic carboxylic acids is 1. The Morgan fingerprint density at radius 2 is 1.66 bits per heavy atom. The first-order valence-electron chi connectivity index (χ1n) is 10.0. The largest absolute Gasteiger partial charge is 0.481 e. The van der Waals surface area contributed by atoms with Gasteiger partial charge in [-0.15, -0.1) is 0 Å². The van der Waals surface area contributed by atoms with E-state index in [9.17, 15) is 19.1 Å². The van der Waals surface area contributed by atoms with Gasteiger partial charge in [-0.25, -0.2) is 13.9 Å². The first kappa shape index (κ1) is 21.2. The summed E-state index contributed by atoms with van der Waals surface area (Å²) < 4.78 is 19.7. The van der Waals surface area contributed by atoms with Crippen molar-refractivity contribution in [3.63, 3.8) is 0 Å². The minimum Gasteiger partial charge on any atom is -0.481 e. The lowest BCUT2D eigenvalue weighted by Crippen LogP contribution is -2.20. The average molecular weight is 432 g/mol. The molecule has 4 aromatic rings. The molecule has 0 bridgehead atoms. The van der Waals surface area contributed by atoms with Crippen LogP contribution in [-0.2, 0) is 9.53 Å². The molecule has 0 fully saturated rings. The Kier molecular flexibility index (Phi) is 5.73. The van der Waals surface area contributed by atoms with Crippen LogP contribution < -0.4 is 0 Å². The normalized spacial score (nSPS) is 13.0. The maximum atomic E-state index is 13.3. The molecule has 7 heteroatoms. The van der Waals surface area contributed by atoms with Crippen LogP contribution in [0.5, 0.6) is 0 Å². The highest BCUT2D eigenvalue weighted by Gasteiger charge is 2.27. The second-order valence-corrected chi connectivity index (χ2v) is 7.57. The van der Waals surface area contributed by atoms with Crippen molar-refractivity contribution >= 4 is 22.8 Å². The SMILES string of the molecule is COC(=O)c1ccc(C(c2ccc3c(cnn3-c3ccc(F)cc3)c2)C(C)C(=O)O)cc1. The number of benzene rings is 3. The van der Waals surface area contributed by atoms with Crippen molar-refractivity contribution in [1.82, 2.24) is 9.78 Å². The quantitative estimate of drug-likeness (QED) is 0.443. The van der Waals surface area contributed by atoms with Crippen molar-refractivity contribution in [3.05, 3.63) is 95.4 Å². The number of aromatic nitrogens is 2. The number of carboxylic acid groups (broad SMARTS) is 1. The molecule has 1 N–H and O–H groups in total. The van der Waals surface area contributed by atoms with Crippen molar-refractivity contribution in [2.45, 2.75) is 12.8 Å². The first-order valence-corrected chi connectivity index (χ1v) is 10.0. The molecular formula is C25H21FN2O4. The van der Waals surface area contributed by atoms with Crippen molar-refractivity contribution in [3.8, 4) is 5.69 Å². The maximum Gasteiger partial charge on any atom is 0.337 e.